The smallest absolute Gasteiger partial charge is 0.780 e. The summed E-state index contributed by atoms with van der Waals surface area (Å²) in [5, 5.41) is 12.5. The Morgan fingerprint density at radius 1 is 1.47 bits per heavy atom. The third kappa shape index (κ3) is 11.5. The molecule has 17 heavy (non-hydrogen) atoms. The second-order valence-electron chi connectivity index (χ2n) is 2.53. The Bertz CT molecular complexity index is 358. The van der Waals surface area contributed by atoms with Gasteiger partial charge >= 0.3 is 73.8 Å². The molecule has 1 N–H and O–H groups in total. The van der Waals surface area contributed by atoms with E-state index in [1.165, 1.54) is 6.92 Å². The molecule has 0 aromatic heterocycles. The van der Waals surface area contributed by atoms with Gasteiger partial charge in [-0.15, -0.1) is 0 Å². The molecule has 0 fully saturated rings. The van der Waals surface area contributed by atoms with Crippen molar-refractivity contribution in [1.29, 1.82) is 0 Å². The molecule has 0 aliphatic rings. The van der Waals surface area contributed by atoms with Gasteiger partial charge in [0.1, 0.15) is 0 Å². The number of amides is 1. The molecule has 4 nitrogen and oxygen atoms in total. The molecule has 0 aliphatic carbocycles. The first-order chi connectivity index (χ1) is 6.61. The van der Waals surface area contributed by atoms with Gasteiger partial charge in [0.25, 0.3) is 0 Å². The topological polar surface area (TPSA) is 61.4 Å². The Balaban J connectivity index is -0.000000653. The van der Waals surface area contributed by atoms with Crippen molar-refractivity contribution in [2.45, 2.75) is 16.7 Å². The number of carbonyl (C=O) groups is 1. The molecular formula is C8H7AuK2NO3S2. The number of hydrogen-bond donors (Lipinski definition) is 1. The Kier molecular flexibility index (Phi) is 20.9. The van der Waals surface area contributed by atoms with E-state index in [1.54, 1.807) is 18.2 Å². The van der Waals surface area contributed by atoms with E-state index in [0.29, 0.717) is 27.5 Å². The van der Waals surface area contributed by atoms with E-state index < -0.39 is 0 Å². The van der Waals surface area contributed by atoms with Crippen LogP contribution in [0.3, 0.4) is 0 Å². The molecule has 1 radical (unpaired) electrons. The summed E-state index contributed by atoms with van der Waals surface area (Å²) in [4.78, 5) is 11.9. The van der Waals surface area contributed by atoms with Crippen molar-refractivity contribution in [3.63, 3.8) is 0 Å². The maximum Gasteiger partial charge on any atom is 1.00 e. The molecule has 1 aromatic rings. The van der Waals surface area contributed by atoms with Crippen LogP contribution in [-0.2, 0) is 44.1 Å². The minimum atomic E-state index is -0.190. The quantitative estimate of drug-likeness (QED) is 0.162. The molecule has 87 valence electrons. The molecule has 0 saturated heterocycles. The molecule has 0 heterocycles. The molecular weight excluding hydrogens is 497 g/mol. The molecule has 0 saturated carbocycles. The van der Waals surface area contributed by atoms with Crippen molar-refractivity contribution in [1.82, 2.24) is 0 Å². The average Bonchev–Trinajstić information content (AvgIpc) is 2.01. The van der Waals surface area contributed by atoms with E-state index in [2.05, 4.69) is 9.65 Å². The second-order valence-corrected chi connectivity index (χ2v) is 3.77. The van der Waals surface area contributed by atoms with Crippen molar-refractivity contribution in [2.75, 3.05) is 5.32 Å². The third-order valence-electron chi connectivity index (χ3n) is 1.33. The molecule has 1 rings (SSSR count). The SMILES string of the molecule is CC(=O)Nc1cc([S-])cc(SO[O-])c1.[Au+].[K+].[K]. The summed E-state index contributed by atoms with van der Waals surface area (Å²) >= 11 is 5.59. The monoisotopic (exact) mass is 504 g/mol. The van der Waals surface area contributed by atoms with E-state index in [-0.39, 0.29) is 131 Å². The third-order valence-corrected chi connectivity index (χ3v) is 2.06. The van der Waals surface area contributed by atoms with Gasteiger partial charge in [0.15, 0.2) is 0 Å². The van der Waals surface area contributed by atoms with Crippen LogP contribution in [0.15, 0.2) is 28.0 Å². The summed E-state index contributed by atoms with van der Waals surface area (Å²) < 4.78 is 3.65. The number of nitrogens with one attached hydrogen (secondary N) is 1. The molecule has 1 amide bonds. The minimum absolute atomic E-state index is 0. The fourth-order valence-electron chi connectivity index (χ4n) is 0.935. The number of hydrogen-bond acceptors (Lipinski definition) is 5. The molecule has 0 aliphatic heterocycles. The van der Waals surface area contributed by atoms with Gasteiger partial charge in [-0.05, 0) is 6.07 Å². The molecule has 0 unspecified atom stereocenters. The van der Waals surface area contributed by atoms with E-state index in [4.69, 9.17) is 12.6 Å². The largest absolute Gasteiger partial charge is 1.00 e. The van der Waals surface area contributed by atoms with Crippen LogP contribution in [0.1, 0.15) is 6.92 Å². The van der Waals surface area contributed by atoms with Crippen molar-refractivity contribution >= 4 is 87.7 Å². The van der Waals surface area contributed by atoms with Crippen LogP contribution < -0.4 is 62.0 Å². The first kappa shape index (κ1) is 25.2. The average molecular weight is 504 g/mol. The van der Waals surface area contributed by atoms with Crippen LogP contribution in [0.25, 0.3) is 0 Å². The van der Waals surface area contributed by atoms with Crippen LogP contribution in [0.4, 0.5) is 5.69 Å². The summed E-state index contributed by atoms with van der Waals surface area (Å²) in [7, 11) is 0. The zero-order valence-corrected chi connectivity index (χ0v) is 19.6. The van der Waals surface area contributed by atoms with Crippen LogP contribution in [0.2, 0.25) is 0 Å². The molecule has 1 aromatic carbocycles. The normalized spacial score (nSPS) is 8.12. The van der Waals surface area contributed by atoms with E-state index in [1.807, 2.05) is 0 Å². The maximum atomic E-state index is 10.7. The Hall–Kier alpha value is 3.19. The molecule has 0 atom stereocenters. The zero-order chi connectivity index (χ0) is 10.6. The number of carbonyl (C=O) groups excluding carboxylic acids is 1. The summed E-state index contributed by atoms with van der Waals surface area (Å²) in [6, 6.07) is 4.86. The maximum absolute atomic E-state index is 10.7. The number of rotatable bonds is 3. The van der Waals surface area contributed by atoms with Crippen LogP contribution in [0, 0.1) is 0 Å². The summed E-state index contributed by atoms with van der Waals surface area (Å²) in [5.74, 6) is -0.190. The first-order valence-electron chi connectivity index (χ1n) is 3.68. The van der Waals surface area contributed by atoms with Crippen molar-refractivity contribution in [2.24, 2.45) is 0 Å². The van der Waals surface area contributed by atoms with Gasteiger partial charge in [0, 0.05) is 80.9 Å². The predicted molar refractivity (Wildman–Crippen MR) is 59.1 cm³/mol. The molecule has 0 bridgehead atoms. The van der Waals surface area contributed by atoms with Crippen molar-refractivity contribution in [3.05, 3.63) is 18.2 Å². The molecule has 0 spiro atoms. The second kappa shape index (κ2) is 14.1. The van der Waals surface area contributed by atoms with Gasteiger partial charge in [-0.2, -0.15) is 4.90 Å². The fourth-order valence-corrected chi connectivity index (χ4v) is 1.69. The van der Waals surface area contributed by atoms with Crippen molar-refractivity contribution in [3.8, 4) is 0 Å². The van der Waals surface area contributed by atoms with Gasteiger partial charge in [0.2, 0.25) is 5.91 Å². The van der Waals surface area contributed by atoms with E-state index in [9.17, 15) is 10.1 Å². The standard InChI is InChI=1S/C8H9NO3S2.Au.2K/c1-5(10)9-6-2-7(13)4-8(3-6)14-12-11;;;/h2-4,11,13H,1H3,(H,9,10);;;/q;+1;;+1/p-2. The Labute approximate surface area is 211 Å². The van der Waals surface area contributed by atoms with Crippen LogP contribution in [0.5, 0.6) is 0 Å². The van der Waals surface area contributed by atoms with E-state index in [0.717, 1.165) is 0 Å². The van der Waals surface area contributed by atoms with Gasteiger partial charge in [-0.3, -0.25) is 4.79 Å². The van der Waals surface area contributed by atoms with E-state index >= 15 is 0 Å². The summed E-state index contributed by atoms with van der Waals surface area (Å²) in [6.07, 6.45) is 0. The predicted octanol–water partition coefficient (Wildman–Crippen LogP) is -2.53. The minimum Gasteiger partial charge on any atom is -0.780 e. The van der Waals surface area contributed by atoms with Crippen LogP contribution in [-0.4, -0.2) is 57.3 Å². The van der Waals surface area contributed by atoms with Gasteiger partial charge < -0.3 is 27.5 Å². The Morgan fingerprint density at radius 2 is 2.06 bits per heavy atom. The van der Waals surface area contributed by atoms with Crippen LogP contribution >= 0.6 is 12.0 Å². The van der Waals surface area contributed by atoms with Gasteiger partial charge in [-0.1, -0.05) is 12.1 Å². The van der Waals surface area contributed by atoms with Crippen molar-refractivity contribution < 1.29 is 88.2 Å². The molecule has 9 heteroatoms. The first-order valence-corrected chi connectivity index (χ1v) is 4.83. The fraction of sp³-hybridized carbons (Fsp3) is 0.125. The van der Waals surface area contributed by atoms with Gasteiger partial charge in [-0.25, -0.2) is 0 Å². The Morgan fingerprint density at radius 3 is 2.53 bits per heavy atom. The summed E-state index contributed by atoms with van der Waals surface area (Å²) in [6.45, 7) is 1.40. The van der Waals surface area contributed by atoms with Gasteiger partial charge in [0.05, 0.1) is 0 Å². The summed E-state index contributed by atoms with van der Waals surface area (Å²) in [5.41, 5.74) is 0.560. The number of anilines is 1. The zero-order valence-electron chi connectivity index (χ0n) is 9.57. The number of benzene rings is 1.